The Kier molecular flexibility index (Phi) is 5.40. The molecule has 27 heavy (non-hydrogen) atoms. The molecule has 1 aromatic heterocycles. The summed E-state index contributed by atoms with van der Waals surface area (Å²) in [4.78, 5) is 16.4. The van der Waals surface area contributed by atoms with Crippen LogP contribution in [0.1, 0.15) is 21.5 Å². The molecule has 0 aliphatic heterocycles. The van der Waals surface area contributed by atoms with E-state index >= 15 is 0 Å². The second kappa shape index (κ2) is 7.90. The number of amides is 1. The van der Waals surface area contributed by atoms with Crippen molar-refractivity contribution < 1.29 is 18.0 Å². The van der Waals surface area contributed by atoms with E-state index in [-0.39, 0.29) is 11.3 Å². The first kappa shape index (κ1) is 18.4. The van der Waals surface area contributed by atoms with E-state index in [0.29, 0.717) is 12.2 Å². The summed E-state index contributed by atoms with van der Waals surface area (Å²) in [6.07, 6.45) is -1.54. The maximum Gasteiger partial charge on any atom is 0.416 e. The Labute approximate surface area is 154 Å². The number of hydrogen-bond acceptors (Lipinski definition) is 3. The van der Waals surface area contributed by atoms with E-state index in [1.165, 1.54) is 18.3 Å². The molecule has 0 radical (unpaired) electrons. The van der Waals surface area contributed by atoms with Crippen LogP contribution in [0.5, 0.6) is 0 Å². The third-order valence-electron chi connectivity index (χ3n) is 3.79. The van der Waals surface area contributed by atoms with Gasteiger partial charge in [-0.1, -0.05) is 36.4 Å². The number of benzene rings is 2. The van der Waals surface area contributed by atoms with Gasteiger partial charge in [-0.15, -0.1) is 0 Å². The number of carbonyl (C=O) groups excluding carboxylic acids is 1. The minimum Gasteiger partial charge on any atom is -0.380 e. The molecule has 0 saturated heterocycles. The van der Waals surface area contributed by atoms with Gasteiger partial charge in [0.25, 0.3) is 5.91 Å². The number of nitrogens with zero attached hydrogens (tertiary/aromatic N) is 1. The van der Waals surface area contributed by atoms with Crippen LogP contribution in [-0.2, 0) is 12.7 Å². The largest absolute Gasteiger partial charge is 0.416 e. The summed E-state index contributed by atoms with van der Waals surface area (Å²) in [5.41, 5.74) is 1.19. The van der Waals surface area contributed by atoms with Gasteiger partial charge in [0, 0.05) is 24.6 Å². The molecule has 3 aromatic rings. The summed E-state index contributed by atoms with van der Waals surface area (Å²) in [7, 11) is 0. The van der Waals surface area contributed by atoms with Crippen LogP contribution in [0, 0.1) is 0 Å². The lowest BCUT2D eigenvalue weighted by atomic mass is 10.2. The van der Waals surface area contributed by atoms with Crippen LogP contribution in [0.3, 0.4) is 0 Å². The molecule has 7 heteroatoms. The molecule has 0 saturated carbocycles. The van der Waals surface area contributed by atoms with Gasteiger partial charge in [0.05, 0.1) is 16.8 Å². The second-order valence-corrected chi connectivity index (χ2v) is 5.83. The van der Waals surface area contributed by atoms with Crippen LogP contribution in [0.2, 0.25) is 0 Å². The zero-order valence-electron chi connectivity index (χ0n) is 14.1. The molecule has 0 aliphatic carbocycles. The van der Waals surface area contributed by atoms with Gasteiger partial charge in [-0.2, -0.15) is 13.2 Å². The van der Waals surface area contributed by atoms with E-state index in [1.807, 2.05) is 30.3 Å². The minimum atomic E-state index is -4.47. The predicted molar refractivity (Wildman–Crippen MR) is 97.4 cm³/mol. The normalized spacial score (nSPS) is 11.1. The van der Waals surface area contributed by atoms with E-state index in [4.69, 9.17) is 0 Å². The number of rotatable bonds is 5. The number of anilines is 2. The molecule has 0 aliphatic rings. The molecule has 1 heterocycles. The van der Waals surface area contributed by atoms with Gasteiger partial charge in [-0.05, 0) is 29.8 Å². The monoisotopic (exact) mass is 371 g/mol. The number of halogens is 3. The Morgan fingerprint density at radius 1 is 0.926 bits per heavy atom. The van der Waals surface area contributed by atoms with Gasteiger partial charge in [-0.25, -0.2) is 0 Å². The van der Waals surface area contributed by atoms with E-state index in [1.54, 1.807) is 12.3 Å². The zero-order valence-corrected chi connectivity index (χ0v) is 14.1. The van der Waals surface area contributed by atoms with Gasteiger partial charge >= 0.3 is 6.18 Å². The first-order valence-electron chi connectivity index (χ1n) is 8.13. The number of alkyl halides is 3. The third-order valence-corrected chi connectivity index (χ3v) is 3.79. The van der Waals surface area contributed by atoms with Gasteiger partial charge in [0.15, 0.2) is 0 Å². The smallest absolute Gasteiger partial charge is 0.380 e. The molecule has 1 amide bonds. The topological polar surface area (TPSA) is 54.0 Å². The zero-order chi connectivity index (χ0) is 19.3. The van der Waals surface area contributed by atoms with Crippen LogP contribution in [0.15, 0.2) is 73.1 Å². The SMILES string of the molecule is O=C(Nc1cccc(C(F)(F)F)c1)c1cncc(NCc2ccccc2)c1. The number of nitrogens with one attached hydrogen (secondary N) is 2. The third kappa shape index (κ3) is 5.07. The second-order valence-electron chi connectivity index (χ2n) is 5.83. The molecule has 0 atom stereocenters. The maximum absolute atomic E-state index is 12.8. The van der Waals surface area contributed by atoms with Crippen molar-refractivity contribution in [3.63, 3.8) is 0 Å². The van der Waals surface area contributed by atoms with Crippen LogP contribution < -0.4 is 10.6 Å². The summed E-state index contributed by atoms with van der Waals surface area (Å²) in [5.74, 6) is -0.537. The molecule has 138 valence electrons. The molecule has 0 bridgehead atoms. The fraction of sp³-hybridized carbons (Fsp3) is 0.100. The Bertz CT molecular complexity index is 927. The van der Waals surface area contributed by atoms with Crippen LogP contribution >= 0.6 is 0 Å². The molecule has 0 unspecified atom stereocenters. The lowest BCUT2D eigenvalue weighted by Gasteiger charge is -2.11. The quantitative estimate of drug-likeness (QED) is 0.666. The summed E-state index contributed by atoms with van der Waals surface area (Å²) in [6, 6.07) is 15.8. The lowest BCUT2D eigenvalue weighted by Crippen LogP contribution is -2.14. The first-order valence-corrected chi connectivity index (χ1v) is 8.13. The lowest BCUT2D eigenvalue weighted by molar-refractivity contribution is -0.137. The minimum absolute atomic E-state index is 0.0671. The maximum atomic E-state index is 12.8. The highest BCUT2D eigenvalue weighted by Gasteiger charge is 2.30. The number of carbonyl (C=O) groups is 1. The molecule has 2 N–H and O–H groups in total. The van der Waals surface area contributed by atoms with E-state index in [9.17, 15) is 18.0 Å². The standard InChI is InChI=1S/C20H16F3N3O/c21-20(22,23)16-7-4-8-17(10-16)26-19(27)15-9-18(13-24-12-15)25-11-14-5-2-1-3-6-14/h1-10,12-13,25H,11H2,(H,26,27). The molecule has 3 rings (SSSR count). The predicted octanol–water partition coefficient (Wildman–Crippen LogP) is 4.96. The van der Waals surface area contributed by atoms with Crippen LogP contribution in [0.4, 0.5) is 24.5 Å². The van der Waals surface area contributed by atoms with Crippen molar-refractivity contribution in [3.05, 3.63) is 89.7 Å². The molecule has 4 nitrogen and oxygen atoms in total. The van der Waals surface area contributed by atoms with E-state index in [2.05, 4.69) is 15.6 Å². The summed E-state index contributed by atoms with van der Waals surface area (Å²) in [6.45, 7) is 0.557. The van der Waals surface area contributed by atoms with Crippen molar-refractivity contribution in [1.29, 1.82) is 0 Å². The van der Waals surface area contributed by atoms with Crippen LogP contribution in [0.25, 0.3) is 0 Å². The Morgan fingerprint density at radius 3 is 2.44 bits per heavy atom. The molecule has 2 aromatic carbocycles. The highest BCUT2D eigenvalue weighted by molar-refractivity contribution is 6.04. The summed E-state index contributed by atoms with van der Waals surface area (Å²) >= 11 is 0. The average Bonchev–Trinajstić information content (AvgIpc) is 2.67. The van der Waals surface area contributed by atoms with Crippen molar-refractivity contribution in [2.75, 3.05) is 10.6 Å². The average molecular weight is 371 g/mol. The number of hydrogen-bond donors (Lipinski definition) is 2. The first-order chi connectivity index (χ1) is 12.9. The molecule has 0 fully saturated rings. The van der Waals surface area contributed by atoms with Crippen LogP contribution in [-0.4, -0.2) is 10.9 Å². The highest BCUT2D eigenvalue weighted by atomic mass is 19.4. The van der Waals surface area contributed by atoms with E-state index < -0.39 is 17.6 Å². The fourth-order valence-electron chi connectivity index (χ4n) is 2.44. The Hall–Kier alpha value is -3.35. The van der Waals surface area contributed by atoms with Gasteiger partial charge < -0.3 is 10.6 Å². The highest BCUT2D eigenvalue weighted by Crippen LogP contribution is 2.30. The number of pyridine rings is 1. The van der Waals surface area contributed by atoms with Crippen molar-refractivity contribution in [2.45, 2.75) is 12.7 Å². The van der Waals surface area contributed by atoms with E-state index in [0.717, 1.165) is 17.7 Å². The van der Waals surface area contributed by atoms with Crippen molar-refractivity contribution >= 4 is 17.3 Å². The van der Waals surface area contributed by atoms with Crippen molar-refractivity contribution in [2.24, 2.45) is 0 Å². The van der Waals surface area contributed by atoms with Gasteiger partial charge in [0.2, 0.25) is 0 Å². The van der Waals surface area contributed by atoms with Gasteiger partial charge in [-0.3, -0.25) is 9.78 Å². The number of aromatic nitrogens is 1. The molecule has 0 spiro atoms. The van der Waals surface area contributed by atoms with Crippen molar-refractivity contribution in [3.8, 4) is 0 Å². The fourth-order valence-corrected chi connectivity index (χ4v) is 2.44. The van der Waals surface area contributed by atoms with Crippen molar-refractivity contribution in [1.82, 2.24) is 4.98 Å². The Balaban J connectivity index is 1.68. The summed E-state index contributed by atoms with van der Waals surface area (Å²) in [5, 5.41) is 5.62. The molecular weight excluding hydrogens is 355 g/mol. The Morgan fingerprint density at radius 2 is 1.70 bits per heavy atom. The summed E-state index contributed by atoms with van der Waals surface area (Å²) < 4.78 is 38.3. The van der Waals surface area contributed by atoms with Gasteiger partial charge in [0.1, 0.15) is 0 Å². The molecular formula is C20H16F3N3O.